The number of fused-ring (bicyclic) bond motifs is 1. The van der Waals surface area contributed by atoms with Crippen LogP contribution in [0.4, 0.5) is 5.69 Å². The van der Waals surface area contributed by atoms with Crippen molar-refractivity contribution in [2.75, 3.05) is 11.9 Å². The Morgan fingerprint density at radius 3 is 2.47 bits per heavy atom. The van der Waals surface area contributed by atoms with E-state index in [-0.39, 0.29) is 12.1 Å². The minimum Gasteiger partial charge on any atom is -0.478 e. The van der Waals surface area contributed by atoms with Gasteiger partial charge in [0.1, 0.15) is 0 Å². The van der Waals surface area contributed by atoms with Gasteiger partial charge in [-0.1, -0.05) is 68.4 Å². The maximum atomic E-state index is 11.0. The molecule has 4 rings (SSSR count). The van der Waals surface area contributed by atoms with Crippen molar-refractivity contribution in [1.29, 1.82) is 5.41 Å². The summed E-state index contributed by atoms with van der Waals surface area (Å²) in [6.45, 7) is 6.71. The Morgan fingerprint density at radius 1 is 1.08 bits per heavy atom. The molecule has 0 aliphatic carbocycles. The Bertz CT molecular complexity index is 1370. The minimum absolute atomic E-state index is 0.00907. The number of aryl methyl sites for hydroxylation is 2. The highest BCUT2D eigenvalue weighted by Gasteiger charge is 2.34. The van der Waals surface area contributed by atoms with Crippen LogP contribution in [-0.4, -0.2) is 30.4 Å². The van der Waals surface area contributed by atoms with Crippen LogP contribution in [0.5, 0.6) is 0 Å². The Balaban J connectivity index is 1.87. The van der Waals surface area contributed by atoms with Crippen LogP contribution >= 0.6 is 0 Å². The molecule has 2 unspecified atom stereocenters. The van der Waals surface area contributed by atoms with Crippen molar-refractivity contribution in [2.24, 2.45) is 0 Å². The standard InChI is InChI=1S/C33H37N3O2/c1-5-23-9-15-31(25(6-2)18-23)36-22(3)17-28-19-27(29(20-34)21-35-4)13-14-30(28)33(36)26-11-7-24(8-12-26)10-16-32(37)38/h7-16,18-22,33-35H,5-6,17H2,1-4H3,(H,37,38)/b16-10+,29-21+,34-20?. The van der Waals surface area contributed by atoms with E-state index in [1.54, 1.807) is 6.08 Å². The number of hydrogen-bond donors (Lipinski definition) is 3. The molecule has 0 spiro atoms. The summed E-state index contributed by atoms with van der Waals surface area (Å²) in [6.07, 6.45) is 8.92. The number of nitrogens with one attached hydrogen (secondary N) is 2. The van der Waals surface area contributed by atoms with Gasteiger partial charge in [0, 0.05) is 42.8 Å². The van der Waals surface area contributed by atoms with Gasteiger partial charge in [0.2, 0.25) is 0 Å². The van der Waals surface area contributed by atoms with Gasteiger partial charge in [-0.25, -0.2) is 4.79 Å². The number of benzene rings is 3. The summed E-state index contributed by atoms with van der Waals surface area (Å²) in [5, 5.41) is 19.9. The second-order valence-corrected chi connectivity index (χ2v) is 9.82. The fraction of sp³-hybridized carbons (Fsp3) is 0.273. The number of carboxylic acid groups (broad SMARTS) is 1. The molecule has 3 aromatic rings. The van der Waals surface area contributed by atoms with Crippen molar-refractivity contribution in [3.8, 4) is 0 Å². The predicted molar refractivity (Wildman–Crippen MR) is 158 cm³/mol. The van der Waals surface area contributed by atoms with E-state index in [4.69, 9.17) is 10.5 Å². The average Bonchev–Trinajstić information content (AvgIpc) is 2.93. The van der Waals surface area contributed by atoms with E-state index in [9.17, 15) is 4.79 Å². The van der Waals surface area contributed by atoms with Crippen molar-refractivity contribution in [1.82, 2.24) is 5.32 Å². The quantitative estimate of drug-likeness (QED) is 0.224. The summed E-state index contributed by atoms with van der Waals surface area (Å²) in [4.78, 5) is 13.5. The molecule has 196 valence electrons. The fourth-order valence-electron chi connectivity index (χ4n) is 5.48. The van der Waals surface area contributed by atoms with Crippen molar-refractivity contribution in [3.05, 3.63) is 112 Å². The third-order valence-corrected chi connectivity index (χ3v) is 7.38. The van der Waals surface area contributed by atoms with Crippen LogP contribution in [0.25, 0.3) is 11.6 Å². The molecule has 0 saturated carbocycles. The molecule has 38 heavy (non-hydrogen) atoms. The van der Waals surface area contributed by atoms with Gasteiger partial charge < -0.3 is 20.7 Å². The number of rotatable bonds is 9. The first-order valence-electron chi connectivity index (χ1n) is 13.3. The van der Waals surface area contributed by atoms with Gasteiger partial charge in [-0.15, -0.1) is 0 Å². The second-order valence-electron chi connectivity index (χ2n) is 9.82. The van der Waals surface area contributed by atoms with Gasteiger partial charge in [-0.05, 0) is 77.3 Å². The van der Waals surface area contributed by atoms with Gasteiger partial charge in [0.15, 0.2) is 0 Å². The molecule has 3 aromatic carbocycles. The van der Waals surface area contributed by atoms with Crippen LogP contribution in [0.1, 0.15) is 65.8 Å². The number of nitrogens with zero attached hydrogens (tertiary/aromatic N) is 1. The smallest absolute Gasteiger partial charge is 0.328 e. The first-order chi connectivity index (χ1) is 18.4. The number of aliphatic carboxylic acids is 1. The molecule has 0 amide bonds. The molecule has 5 heteroatoms. The summed E-state index contributed by atoms with van der Waals surface area (Å²) in [5.74, 6) is -0.953. The van der Waals surface area contributed by atoms with Gasteiger partial charge >= 0.3 is 5.97 Å². The van der Waals surface area contributed by atoms with E-state index >= 15 is 0 Å². The van der Waals surface area contributed by atoms with E-state index in [0.29, 0.717) is 0 Å². The minimum atomic E-state index is -0.953. The molecule has 3 N–H and O–H groups in total. The van der Waals surface area contributed by atoms with Gasteiger partial charge in [-0.3, -0.25) is 0 Å². The first-order valence-corrected chi connectivity index (χ1v) is 13.3. The molecular formula is C33H37N3O2. The summed E-state index contributed by atoms with van der Waals surface area (Å²) in [5.41, 5.74) is 10.4. The zero-order valence-electron chi connectivity index (χ0n) is 22.7. The maximum Gasteiger partial charge on any atom is 0.328 e. The monoisotopic (exact) mass is 507 g/mol. The van der Waals surface area contributed by atoms with Gasteiger partial charge in [0.05, 0.1) is 6.04 Å². The largest absolute Gasteiger partial charge is 0.478 e. The van der Waals surface area contributed by atoms with E-state index in [0.717, 1.165) is 41.5 Å². The van der Waals surface area contributed by atoms with E-state index in [1.807, 2.05) is 25.4 Å². The van der Waals surface area contributed by atoms with E-state index in [1.165, 1.54) is 40.2 Å². The summed E-state index contributed by atoms with van der Waals surface area (Å²) >= 11 is 0. The van der Waals surface area contributed by atoms with Crippen LogP contribution < -0.4 is 10.2 Å². The molecule has 2 atom stereocenters. The first kappa shape index (κ1) is 26.9. The van der Waals surface area contributed by atoms with E-state index in [2.05, 4.69) is 79.5 Å². The number of carbonyl (C=O) groups is 1. The summed E-state index contributed by atoms with van der Waals surface area (Å²) < 4.78 is 0. The summed E-state index contributed by atoms with van der Waals surface area (Å²) in [6, 6.07) is 21.9. The molecule has 1 aliphatic rings. The maximum absolute atomic E-state index is 11.0. The highest BCUT2D eigenvalue weighted by Crippen LogP contribution is 2.43. The molecule has 0 radical (unpaired) electrons. The Kier molecular flexibility index (Phi) is 8.47. The molecule has 0 bridgehead atoms. The normalized spacial score (nSPS) is 17.4. The Morgan fingerprint density at radius 2 is 1.84 bits per heavy atom. The molecule has 5 nitrogen and oxygen atoms in total. The number of anilines is 1. The Hall–Kier alpha value is -4.12. The van der Waals surface area contributed by atoms with Crippen molar-refractivity contribution in [3.63, 3.8) is 0 Å². The summed E-state index contributed by atoms with van der Waals surface area (Å²) in [7, 11) is 1.85. The molecule has 1 aliphatic heterocycles. The average molecular weight is 508 g/mol. The van der Waals surface area contributed by atoms with Crippen LogP contribution in [0, 0.1) is 5.41 Å². The van der Waals surface area contributed by atoms with Gasteiger partial charge in [-0.2, -0.15) is 0 Å². The molecule has 0 aromatic heterocycles. The van der Waals surface area contributed by atoms with Crippen LogP contribution in [-0.2, 0) is 24.1 Å². The van der Waals surface area contributed by atoms with E-state index < -0.39 is 5.97 Å². The zero-order valence-corrected chi connectivity index (χ0v) is 22.7. The SMILES string of the molecule is CCc1ccc(N2C(C)Cc3cc(/C(C=N)=C/NC)ccc3C2c2ccc(/C=C/C(=O)O)cc2)c(CC)c1. The highest BCUT2D eigenvalue weighted by atomic mass is 16.4. The van der Waals surface area contributed by atoms with Crippen molar-refractivity contribution in [2.45, 2.75) is 52.1 Å². The third kappa shape index (κ3) is 5.57. The molecule has 0 saturated heterocycles. The van der Waals surface area contributed by atoms with Crippen molar-refractivity contribution >= 4 is 29.5 Å². The second kappa shape index (κ2) is 12.0. The topological polar surface area (TPSA) is 76.4 Å². The lowest BCUT2D eigenvalue weighted by atomic mass is 9.82. The predicted octanol–water partition coefficient (Wildman–Crippen LogP) is 6.66. The number of allylic oxidation sites excluding steroid dienone is 1. The van der Waals surface area contributed by atoms with Gasteiger partial charge in [0.25, 0.3) is 0 Å². The van der Waals surface area contributed by atoms with Crippen LogP contribution in [0.2, 0.25) is 0 Å². The lowest BCUT2D eigenvalue weighted by Gasteiger charge is -2.45. The molecule has 1 heterocycles. The molecular weight excluding hydrogens is 470 g/mol. The van der Waals surface area contributed by atoms with Crippen LogP contribution in [0.15, 0.2) is 72.9 Å². The Labute approximate surface area is 226 Å². The zero-order chi connectivity index (χ0) is 27.2. The lowest BCUT2D eigenvalue weighted by molar-refractivity contribution is -0.131. The molecule has 0 fully saturated rings. The highest BCUT2D eigenvalue weighted by molar-refractivity contribution is 6.08. The number of hydrogen-bond acceptors (Lipinski definition) is 4. The van der Waals surface area contributed by atoms with Crippen LogP contribution in [0.3, 0.4) is 0 Å². The number of carboxylic acids is 1. The third-order valence-electron chi connectivity index (χ3n) is 7.38. The fourth-order valence-corrected chi connectivity index (χ4v) is 5.48. The van der Waals surface area contributed by atoms with Crippen molar-refractivity contribution < 1.29 is 9.90 Å². The lowest BCUT2D eigenvalue weighted by Crippen LogP contribution is -2.43.